The molecule has 0 fully saturated rings. The van der Waals surface area contributed by atoms with E-state index in [1.54, 1.807) is 24.3 Å². The van der Waals surface area contributed by atoms with E-state index in [0.29, 0.717) is 10.7 Å². The fourth-order valence-electron chi connectivity index (χ4n) is 1.86. The molecule has 0 unspecified atom stereocenters. The van der Waals surface area contributed by atoms with Gasteiger partial charge in [-0.25, -0.2) is 4.79 Å². The second-order valence-electron chi connectivity index (χ2n) is 4.99. The van der Waals surface area contributed by atoms with E-state index in [9.17, 15) is 18.0 Å². The van der Waals surface area contributed by atoms with E-state index in [1.165, 1.54) is 12.1 Å². The number of nitrogens with one attached hydrogen (secondary N) is 2. The zero-order valence-corrected chi connectivity index (χ0v) is 14.1. The maximum atomic E-state index is 12.6. The molecule has 0 aliphatic rings. The highest BCUT2D eigenvalue weighted by Gasteiger charge is 2.30. The molecule has 0 bridgehead atoms. The highest BCUT2D eigenvalue weighted by molar-refractivity contribution is 6.30. The van der Waals surface area contributed by atoms with Gasteiger partial charge in [-0.15, -0.1) is 0 Å². The number of carbonyl (C=O) groups is 1. The van der Waals surface area contributed by atoms with Crippen molar-refractivity contribution >= 4 is 23.3 Å². The molecule has 136 valence electrons. The van der Waals surface area contributed by atoms with Gasteiger partial charge in [0.05, 0.1) is 12.1 Å². The molecule has 2 amide bonds. The van der Waals surface area contributed by atoms with Crippen molar-refractivity contribution in [2.75, 3.05) is 18.5 Å². The molecule has 0 saturated heterocycles. The van der Waals surface area contributed by atoms with Crippen molar-refractivity contribution < 1.29 is 22.7 Å². The van der Waals surface area contributed by atoms with Gasteiger partial charge in [-0.1, -0.05) is 35.6 Å². The largest absolute Gasteiger partial charge is 0.481 e. The first-order chi connectivity index (χ1) is 12.3. The van der Waals surface area contributed by atoms with Crippen molar-refractivity contribution in [3.63, 3.8) is 0 Å². The van der Waals surface area contributed by atoms with Crippen molar-refractivity contribution in [1.82, 2.24) is 5.32 Å². The van der Waals surface area contributed by atoms with Crippen molar-refractivity contribution in [3.05, 3.63) is 59.1 Å². The smallest absolute Gasteiger partial charge is 0.416 e. The lowest BCUT2D eigenvalue weighted by Gasteiger charge is -2.08. The van der Waals surface area contributed by atoms with E-state index in [0.717, 1.165) is 12.1 Å². The molecule has 2 aromatic rings. The van der Waals surface area contributed by atoms with Crippen LogP contribution in [0.5, 0.6) is 5.75 Å². The molecule has 0 radical (unpaired) electrons. The molecular weight excluding hydrogens is 369 g/mol. The number of hydrogen-bond donors (Lipinski definition) is 2. The quantitative estimate of drug-likeness (QED) is 0.761. The second-order valence-corrected chi connectivity index (χ2v) is 5.42. The number of rotatable bonds is 4. The fourth-order valence-corrected chi connectivity index (χ4v) is 2.05. The summed E-state index contributed by atoms with van der Waals surface area (Å²) in [5.41, 5.74) is -0.252. The minimum atomic E-state index is -4.43. The SMILES string of the molecule is O=C(NCC#CCOc1cccc(C(F)(F)F)c1)Nc1cccc(Cl)c1. The molecule has 2 rings (SSSR count). The van der Waals surface area contributed by atoms with Crippen LogP contribution in [0.3, 0.4) is 0 Å². The van der Waals surface area contributed by atoms with Crippen LogP contribution in [0.1, 0.15) is 5.56 Å². The van der Waals surface area contributed by atoms with Crippen LogP contribution in [0.2, 0.25) is 5.02 Å². The van der Waals surface area contributed by atoms with Crippen LogP contribution in [0.4, 0.5) is 23.7 Å². The molecule has 0 saturated carbocycles. The third-order valence-corrected chi connectivity index (χ3v) is 3.25. The summed E-state index contributed by atoms with van der Waals surface area (Å²) in [4.78, 5) is 11.6. The third-order valence-electron chi connectivity index (χ3n) is 3.02. The Morgan fingerprint density at radius 1 is 1.12 bits per heavy atom. The predicted molar refractivity (Wildman–Crippen MR) is 93.2 cm³/mol. The summed E-state index contributed by atoms with van der Waals surface area (Å²) in [6.07, 6.45) is -4.43. The molecule has 8 heteroatoms. The van der Waals surface area contributed by atoms with Gasteiger partial charge in [0, 0.05) is 10.7 Å². The topological polar surface area (TPSA) is 50.4 Å². The summed E-state index contributed by atoms with van der Waals surface area (Å²) >= 11 is 5.80. The van der Waals surface area contributed by atoms with E-state index in [2.05, 4.69) is 22.5 Å². The number of amides is 2. The Hall–Kier alpha value is -2.85. The molecule has 2 aromatic carbocycles. The Bertz CT molecular complexity index is 829. The fraction of sp³-hybridized carbons (Fsp3) is 0.167. The molecule has 2 N–H and O–H groups in total. The van der Waals surface area contributed by atoms with Gasteiger partial charge in [-0.05, 0) is 36.4 Å². The predicted octanol–water partition coefficient (Wildman–Crippen LogP) is 4.56. The van der Waals surface area contributed by atoms with E-state index in [1.807, 2.05) is 0 Å². The van der Waals surface area contributed by atoms with E-state index in [-0.39, 0.29) is 18.9 Å². The van der Waals surface area contributed by atoms with Crippen molar-refractivity contribution in [1.29, 1.82) is 0 Å². The Balaban J connectivity index is 1.73. The summed E-state index contributed by atoms with van der Waals surface area (Å²) in [5, 5.41) is 5.58. The number of alkyl halides is 3. The minimum absolute atomic E-state index is 0.0539. The van der Waals surface area contributed by atoms with Gasteiger partial charge in [0.1, 0.15) is 12.4 Å². The Kier molecular flexibility index (Phi) is 6.75. The highest BCUT2D eigenvalue weighted by Crippen LogP contribution is 2.31. The second kappa shape index (κ2) is 9.02. The number of benzene rings is 2. The van der Waals surface area contributed by atoms with Crippen LogP contribution in [-0.2, 0) is 6.18 Å². The van der Waals surface area contributed by atoms with Crippen LogP contribution in [0.25, 0.3) is 0 Å². The lowest BCUT2D eigenvalue weighted by molar-refractivity contribution is -0.137. The van der Waals surface area contributed by atoms with Gasteiger partial charge in [0.2, 0.25) is 0 Å². The Morgan fingerprint density at radius 2 is 1.88 bits per heavy atom. The van der Waals surface area contributed by atoms with Crippen LogP contribution in [0.15, 0.2) is 48.5 Å². The molecule has 0 aliphatic heterocycles. The molecule has 0 aliphatic carbocycles. The van der Waals surface area contributed by atoms with Gasteiger partial charge in [0.25, 0.3) is 0 Å². The third kappa shape index (κ3) is 6.57. The van der Waals surface area contributed by atoms with Crippen molar-refractivity contribution in [3.8, 4) is 17.6 Å². The normalized spacial score (nSPS) is 10.5. The maximum absolute atomic E-state index is 12.6. The lowest BCUT2D eigenvalue weighted by atomic mass is 10.2. The monoisotopic (exact) mass is 382 g/mol. The Morgan fingerprint density at radius 3 is 2.62 bits per heavy atom. The molecule has 26 heavy (non-hydrogen) atoms. The first-order valence-electron chi connectivity index (χ1n) is 7.41. The van der Waals surface area contributed by atoms with Gasteiger partial charge in [-0.3, -0.25) is 0 Å². The van der Waals surface area contributed by atoms with Crippen molar-refractivity contribution in [2.45, 2.75) is 6.18 Å². The highest BCUT2D eigenvalue weighted by atomic mass is 35.5. The molecule has 4 nitrogen and oxygen atoms in total. The summed E-state index contributed by atoms with van der Waals surface area (Å²) in [6, 6.07) is 10.7. The average Bonchev–Trinajstić information content (AvgIpc) is 2.57. The lowest BCUT2D eigenvalue weighted by Crippen LogP contribution is -2.28. The van der Waals surface area contributed by atoms with E-state index >= 15 is 0 Å². The van der Waals surface area contributed by atoms with Gasteiger partial charge in [-0.2, -0.15) is 13.2 Å². The Labute approximate surface area is 153 Å². The van der Waals surface area contributed by atoms with Crippen molar-refractivity contribution in [2.24, 2.45) is 0 Å². The molecule has 0 aromatic heterocycles. The average molecular weight is 383 g/mol. The maximum Gasteiger partial charge on any atom is 0.416 e. The molecule has 0 atom stereocenters. The number of carbonyl (C=O) groups excluding carboxylic acids is 1. The molecular formula is C18H14ClF3N2O2. The zero-order valence-electron chi connectivity index (χ0n) is 13.4. The zero-order chi connectivity index (χ0) is 19.0. The van der Waals surface area contributed by atoms with Gasteiger partial charge >= 0.3 is 12.2 Å². The summed E-state index contributed by atoms with van der Waals surface area (Å²) in [5.74, 6) is 5.31. The van der Waals surface area contributed by atoms with Gasteiger partial charge in [0.15, 0.2) is 0 Å². The molecule has 0 spiro atoms. The summed E-state index contributed by atoms with van der Waals surface area (Å²) in [6.45, 7) is -0.0444. The number of halogens is 4. The van der Waals surface area contributed by atoms with E-state index < -0.39 is 17.8 Å². The van der Waals surface area contributed by atoms with Crippen LogP contribution >= 0.6 is 11.6 Å². The van der Waals surface area contributed by atoms with Gasteiger partial charge < -0.3 is 15.4 Å². The molecule has 0 heterocycles. The number of hydrogen-bond acceptors (Lipinski definition) is 2. The number of urea groups is 1. The van der Waals surface area contributed by atoms with E-state index in [4.69, 9.17) is 16.3 Å². The first-order valence-corrected chi connectivity index (χ1v) is 7.78. The van der Waals surface area contributed by atoms with Crippen LogP contribution in [-0.4, -0.2) is 19.2 Å². The summed E-state index contributed by atoms with van der Waals surface area (Å²) in [7, 11) is 0. The summed E-state index contributed by atoms with van der Waals surface area (Å²) < 4.78 is 42.9. The first kappa shape index (κ1) is 19.5. The standard InChI is InChI=1S/C18H14ClF3N2O2/c19-14-6-4-7-15(12-14)24-17(25)23-9-1-2-10-26-16-8-3-5-13(11-16)18(20,21)22/h3-8,11-12H,9-10H2,(H2,23,24,25). The van der Waals surface area contributed by atoms with Crippen LogP contribution in [0, 0.1) is 11.8 Å². The number of ether oxygens (including phenoxy) is 1. The van der Waals surface area contributed by atoms with Crippen LogP contribution < -0.4 is 15.4 Å². The minimum Gasteiger partial charge on any atom is -0.481 e. The number of anilines is 1.